The lowest BCUT2D eigenvalue weighted by Crippen LogP contribution is -2.35. The molecule has 0 saturated carbocycles. The zero-order valence-electron chi connectivity index (χ0n) is 15.1. The minimum atomic E-state index is -0.548. The molecule has 1 aromatic carbocycles. The molecule has 1 aromatic heterocycles. The highest BCUT2D eigenvalue weighted by Crippen LogP contribution is 2.27. The van der Waals surface area contributed by atoms with Gasteiger partial charge in [-0.15, -0.1) is 22.6 Å². The molecule has 2 aromatic rings. The van der Waals surface area contributed by atoms with Gasteiger partial charge in [-0.1, -0.05) is 12.2 Å². The van der Waals surface area contributed by atoms with Gasteiger partial charge in [-0.3, -0.25) is 4.90 Å². The van der Waals surface area contributed by atoms with Crippen molar-refractivity contribution in [1.29, 1.82) is 0 Å². The molecule has 3 heterocycles. The fourth-order valence-corrected chi connectivity index (χ4v) is 3.76. The van der Waals surface area contributed by atoms with Crippen molar-refractivity contribution >= 4 is 18.5 Å². The van der Waals surface area contributed by atoms with Gasteiger partial charge in [0.1, 0.15) is 23.3 Å². The van der Waals surface area contributed by atoms with Crippen molar-refractivity contribution in [3.8, 4) is 0 Å². The number of aromatic nitrogens is 3. The molecule has 0 atom stereocenters. The first-order valence-electron chi connectivity index (χ1n) is 9.17. The largest absolute Gasteiger partial charge is 0.312 e. The number of nitrogens with one attached hydrogen (secondary N) is 1. The van der Waals surface area contributed by atoms with Crippen molar-refractivity contribution in [1.82, 2.24) is 25.0 Å². The van der Waals surface area contributed by atoms with E-state index in [2.05, 4.69) is 25.0 Å². The van der Waals surface area contributed by atoms with Crippen LogP contribution < -0.4 is 5.32 Å². The number of rotatable bonds is 4. The lowest BCUT2D eigenvalue weighted by atomic mass is 9.95. The van der Waals surface area contributed by atoms with Crippen LogP contribution >= 0.6 is 12.4 Å². The van der Waals surface area contributed by atoms with Gasteiger partial charge in [-0.25, -0.2) is 8.78 Å². The maximum Gasteiger partial charge on any atom is 0.147 e. The Labute approximate surface area is 163 Å². The minimum absolute atomic E-state index is 0. The highest BCUT2D eigenvalue weighted by atomic mass is 35.5. The Bertz CT molecular complexity index is 799. The van der Waals surface area contributed by atoms with E-state index >= 15 is 0 Å². The van der Waals surface area contributed by atoms with Crippen LogP contribution in [0, 0.1) is 11.6 Å². The molecule has 146 valence electrons. The number of benzene rings is 1. The number of hydrogen-bond donors (Lipinski definition) is 1. The molecule has 0 aliphatic carbocycles. The van der Waals surface area contributed by atoms with Crippen molar-refractivity contribution in [3.63, 3.8) is 0 Å². The van der Waals surface area contributed by atoms with Gasteiger partial charge < -0.3 is 9.88 Å². The number of piperidine rings is 1. The number of likely N-dealkylation sites (tertiary alicyclic amines) is 1. The van der Waals surface area contributed by atoms with E-state index in [0.717, 1.165) is 69.8 Å². The van der Waals surface area contributed by atoms with E-state index in [4.69, 9.17) is 0 Å². The van der Waals surface area contributed by atoms with E-state index in [0.29, 0.717) is 11.5 Å². The Morgan fingerprint density at radius 3 is 2.74 bits per heavy atom. The summed E-state index contributed by atoms with van der Waals surface area (Å²) in [5.41, 5.74) is 0.421. The quantitative estimate of drug-likeness (QED) is 0.864. The van der Waals surface area contributed by atoms with Crippen molar-refractivity contribution < 1.29 is 8.78 Å². The van der Waals surface area contributed by atoms with Crippen LogP contribution in [-0.2, 0) is 13.1 Å². The first-order chi connectivity index (χ1) is 12.7. The summed E-state index contributed by atoms with van der Waals surface area (Å²) in [5.74, 6) is 1.56. The van der Waals surface area contributed by atoms with E-state index in [9.17, 15) is 8.78 Å². The van der Waals surface area contributed by atoms with Gasteiger partial charge in [0, 0.05) is 37.2 Å². The predicted molar refractivity (Wildman–Crippen MR) is 103 cm³/mol. The first-order valence-corrected chi connectivity index (χ1v) is 9.17. The summed E-state index contributed by atoms with van der Waals surface area (Å²) in [6.45, 7) is 5.47. The van der Waals surface area contributed by atoms with Crippen LogP contribution in [0.2, 0.25) is 0 Å². The summed E-state index contributed by atoms with van der Waals surface area (Å²) in [7, 11) is 0. The van der Waals surface area contributed by atoms with E-state index in [-0.39, 0.29) is 12.4 Å². The third-order valence-electron chi connectivity index (χ3n) is 5.23. The van der Waals surface area contributed by atoms with Crippen LogP contribution in [0.25, 0.3) is 6.08 Å². The number of nitrogens with zero attached hydrogens (tertiary/aromatic N) is 4. The van der Waals surface area contributed by atoms with E-state index in [1.54, 1.807) is 6.08 Å². The topological polar surface area (TPSA) is 46.0 Å². The lowest BCUT2D eigenvalue weighted by molar-refractivity contribution is 0.226. The zero-order valence-corrected chi connectivity index (χ0v) is 15.9. The number of halogens is 3. The molecule has 0 amide bonds. The van der Waals surface area contributed by atoms with Crippen molar-refractivity contribution in [2.45, 2.75) is 31.8 Å². The van der Waals surface area contributed by atoms with Gasteiger partial charge in [0.15, 0.2) is 0 Å². The molecule has 27 heavy (non-hydrogen) atoms. The summed E-state index contributed by atoms with van der Waals surface area (Å²) in [6.07, 6.45) is 5.79. The van der Waals surface area contributed by atoms with E-state index < -0.39 is 11.6 Å². The highest BCUT2D eigenvalue weighted by Gasteiger charge is 2.26. The molecule has 0 spiro atoms. The molecule has 1 saturated heterocycles. The highest BCUT2D eigenvalue weighted by molar-refractivity contribution is 5.85. The average molecular weight is 396 g/mol. The van der Waals surface area contributed by atoms with Gasteiger partial charge in [0.25, 0.3) is 0 Å². The van der Waals surface area contributed by atoms with Gasteiger partial charge in [0.05, 0.1) is 6.54 Å². The minimum Gasteiger partial charge on any atom is -0.312 e. The van der Waals surface area contributed by atoms with Crippen LogP contribution in [0.15, 0.2) is 24.3 Å². The Hall–Kier alpha value is -1.83. The molecular weight excluding hydrogens is 372 g/mol. The third-order valence-corrected chi connectivity index (χ3v) is 5.23. The summed E-state index contributed by atoms with van der Waals surface area (Å²) in [4.78, 5) is 2.35. The third kappa shape index (κ3) is 4.54. The Balaban J connectivity index is 0.00000210. The molecule has 0 radical (unpaired) electrons. The van der Waals surface area contributed by atoms with Gasteiger partial charge >= 0.3 is 0 Å². The maximum atomic E-state index is 13.6. The summed E-state index contributed by atoms with van der Waals surface area (Å²) >= 11 is 0. The second-order valence-corrected chi connectivity index (χ2v) is 6.95. The van der Waals surface area contributed by atoms with Gasteiger partial charge in [-0.05, 0) is 38.1 Å². The second-order valence-electron chi connectivity index (χ2n) is 6.95. The predicted octanol–water partition coefficient (Wildman–Crippen LogP) is 2.97. The van der Waals surface area contributed by atoms with Crippen LogP contribution in [-0.4, -0.2) is 45.8 Å². The summed E-state index contributed by atoms with van der Waals surface area (Å²) in [6, 6.07) is 3.67. The monoisotopic (exact) mass is 395 g/mol. The molecule has 0 bridgehead atoms. The summed E-state index contributed by atoms with van der Waals surface area (Å²) in [5, 5.41) is 12.1. The maximum absolute atomic E-state index is 13.6. The van der Waals surface area contributed by atoms with Crippen molar-refractivity contribution in [2.24, 2.45) is 0 Å². The van der Waals surface area contributed by atoms with Crippen LogP contribution in [0.3, 0.4) is 0 Å². The lowest BCUT2D eigenvalue weighted by Gasteiger charge is -2.31. The fourth-order valence-electron chi connectivity index (χ4n) is 3.76. The van der Waals surface area contributed by atoms with E-state index in [1.165, 1.54) is 12.1 Å². The average Bonchev–Trinajstić information content (AvgIpc) is 3.08. The van der Waals surface area contributed by atoms with Gasteiger partial charge in [-0.2, -0.15) is 0 Å². The van der Waals surface area contributed by atoms with Crippen LogP contribution in [0.5, 0.6) is 0 Å². The molecule has 1 N–H and O–H groups in total. The number of fused-ring (bicyclic) bond motifs is 1. The molecular formula is C19H24ClF2N5. The molecule has 2 aliphatic heterocycles. The van der Waals surface area contributed by atoms with Crippen molar-refractivity contribution in [2.75, 3.05) is 26.2 Å². The Kier molecular flexibility index (Phi) is 6.57. The zero-order chi connectivity index (χ0) is 17.9. The normalized spacial score (nSPS) is 18.4. The fraction of sp³-hybridized carbons (Fsp3) is 0.474. The molecule has 8 heteroatoms. The Morgan fingerprint density at radius 1 is 1.15 bits per heavy atom. The molecule has 0 unspecified atom stereocenters. The smallest absolute Gasteiger partial charge is 0.147 e. The first kappa shape index (κ1) is 19.9. The van der Waals surface area contributed by atoms with Crippen molar-refractivity contribution in [3.05, 3.63) is 53.1 Å². The van der Waals surface area contributed by atoms with Crippen LogP contribution in [0.4, 0.5) is 8.78 Å². The van der Waals surface area contributed by atoms with Crippen LogP contribution in [0.1, 0.15) is 36.0 Å². The molecule has 5 nitrogen and oxygen atoms in total. The summed E-state index contributed by atoms with van der Waals surface area (Å²) < 4.78 is 28.8. The molecule has 4 rings (SSSR count). The van der Waals surface area contributed by atoms with E-state index in [1.807, 2.05) is 6.08 Å². The Morgan fingerprint density at radius 2 is 1.96 bits per heavy atom. The standard InChI is InChI=1S/C19H23F2N5.ClH/c20-16-4-3-14(17(21)12-16)2-1-8-25-9-5-15(6-10-25)19-24-23-18-13-22-7-11-26(18)19;/h1-4,12,15,22H,5-11,13H2;1H/b2-1+;. The second kappa shape index (κ2) is 8.91. The number of hydrogen-bond acceptors (Lipinski definition) is 4. The SMILES string of the molecule is Cl.Fc1ccc(/C=C/CN2CCC(c3nnc4n3CCNC4)CC2)c(F)c1. The molecule has 1 fully saturated rings. The molecule has 2 aliphatic rings. The van der Waals surface area contributed by atoms with Gasteiger partial charge in [0.2, 0.25) is 0 Å².